The molecule has 2 saturated heterocycles. The van der Waals surface area contributed by atoms with Crippen molar-refractivity contribution >= 4 is 23.3 Å². The Morgan fingerprint density at radius 1 is 1.00 bits per heavy atom. The summed E-state index contributed by atoms with van der Waals surface area (Å²) in [4.78, 5) is 29.1. The summed E-state index contributed by atoms with van der Waals surface area (Å²) < 4.78 is 0. The highest BCUT2D eigenvalue weighted by Gasteiger charge is 2.23. The number of hydrogen-bond donors (Lipinski definition) is 1. The highest BCUT2D eigenvalue weighted by molar-refractivity contribution is 6.36. The van der Waals surface area contributed by atoms with E-state index in [1.807, 2.05) is 30.5 Å². The Morgan fingerprint density at radius 3 is 2.50 bits per heavy atom. The number of benzene rings is 1. The van der Waals surface area contributed by atoms with Crippen LogP contribution < -0.4 is 10.2 Å². The fourth-order valence-corrected chi connectivity index (χ4v) is 5.26. The van der Waals surface area contributed by atoms with Crippen LogP contribution in [0.5, 0.6) is 0 Å². The maximum absolute atomic E-state index is 13.0. The van der Waals surface area contributed by atoms with Gasteiger partial charge in [-0.3, -0.25) is 14.7 Å². The zero-order valence-electron chi connectivity index (χ0n) is 20.7. The number of carbonyl (C=O) groups is 1. The van der Waals surface area contributed by atoms with Gasteiger partial charge < -0.3 is 15.1 Å². The highest BCUT2D eigenvalue weighted by atomic mass is 35.5. The molecule has 0 bridgehead atoms. The maximum Gasteiger partial charge on any atom is 0.253 e. The number of anilines is 1. The summed E-state index contributed by atoms with van der Waals surface area (Å²) in [5.74, 6) is 0.951. The lowest BCUT2D eigenvalue weighted by Crippen LogP contribution is -2.45. The van der Waals surface area contributed by atoms with Crippen LogP contribution in [0.25, 0.3) is 11.1 Å². The van der Waals surface area contributed by atoms with Crippen LogP contribution in [0, 0.1) is 0 Å². The molecule has 0 aliphatic carbocycles. The van der Waals surface area contributed by atoms with Crippen LogP contribution in [0.15, 0.2) is 61.1 Å². The number of nitrogens with one attached hydrogen (secondary N) is 1. The number of carbonyl (C=O) groups excluding carboxylic acids is 1. The standard InChI is InChI=1S/C28H33ClN6O/c1-33-14-16-35(17-15-33)26-8-7-21(18-31-26)20-34-12-9-23(10-13-34)32-28(36)25-6-2-5-24(27(25)29)22-4-3-11-30-19-22/h2-8,11,18-19,23H,9-10,12-17,20H2,1H3,(H,32,36). The number of amides is 1. The molecule has 0 saturated carbocycles. The van der Waals surface area contributed by atoms with Crippen LogP contribution in [0.2, 0.25) is 5.02 Å². The number of piperidine rings is 1. The number of likely N-dealkylation sites (tertiary alicyclic amines) is 1. The SMILES string of the molecule is CN1CCN(c2ccc(CN3CCC(NC(=O)c4cccc(-c5cccnc5)c4Cl)CC3)cn2)CC1. The number of pyridine rings is 2. The predicted molar refractivity (Wildman–Crippen MR) is 144 cm³/mol. The van der Waals surface area contributed by atoms with E-state index < -0.39 is 0 Å². The number of rotatable bonds is 6. The fourth-order valence-electron chi connectivity index (χ4n) is 4.94. The average Bonchev–Trinajstić information content (AvgIpc) is 2.91. The van der Waals surface area contributed by atoms with E-state index in [0.717, 1.165) is 75.6 Å². The summed E-state index contributed by atoms with van der Waals surface area (Å²) in [6, 6.07) is 13.9. The number of halogens is 1. The van der Waals surface area contributed by atoms with Gasteiger partial charge in [-0.2, -0.15) is 0 Å². The van der Waals surface area contributed by atoms with Gasteiger partial charge in [-0.25, -0.2) is 4.98 Å². The van der Waals surface area contributed by atoms with Crippen molar-refractivity contribution in [3.63, 3.8) is 0 Å². The summed E-state index contributed by atoms with van der Waals surface area (Å²) in [6.07, 6.45) is 7.32. The van der Waals surface area contributed by atoms with E-state index in [1.54, 1.807) is 18.5 Å². The summed E-state index contributed by atoms with van der Waals surface area (Å²) in [6.45, 7) is 6.98. The van der Waals surface area contributed by atoms with Crippen LogP contribution in [0.3, 0.4) is 0 Å². The molecule has 2 aromatic heterocycles. The van der Waals surface area contributed by atoms with Gasteiger partial charge in [-0.1, -0.05) is 35.9 Å². The Hall–Kier alpha value is -3.00. The van der Waals surface area contributed by atoms with E-state index in [-0.39, 0.29) is 11.9 Å². The Morgan fingerprint density at radius 2 is 1.81 bits per heavy atom. The Labute approximate surface area is 218 Å². The molecule has 2 aliphatic heterocycles. The van der Waals surface area contributed by atoms with Gasteiger partial charge in [0.1, 0.15) is 5.82 Å². The van der Waals surface area contributed by atoms with Crippen LogP contribution in [0.4, 0.5) is 5.82 Å². The molecule has 1 aromatic carbocycles. The first-order valence-corrected chi connectivity index (χ1v) is 13.0. The normalized spacial score (nSPS) is 17.8. The third-order valence-corrected chi connectivity index (χ3v) is 7.59. The molecule has 5 rings (SSSR count). The minimum atomic E-state index is -0.118. The Kier molecular flexibility index (Phi) is 7.80. The lowest BCUT2D eigenvalue weighted by Gasteiger charge is -2.34. The maximum atomic E-state index is 13.0. The number of likely N-dealkylation sites (N-methyl/N-ethyl adjacent to an activating group) is 1. The number of aromatic nitrogens is 2. The molecule has 0 radical (unpaired) electrons. The number of nitrogens with zero attached hydrogens (tertiary/aromatic N) is 5. The molecule has 0 unspecified atom stereocenters. The lowest BCUT2D eigenvalue weighted by atomic mass is 10.0. The van der Waals surface area contributed by atoms with E-state index in [9.17, 15) is 4.79 Å². The number of piperazine rings is 1. The van der Waals surface area contributed by atoms with E-state index >= 15 is 0 Å². The topological polar surface area (TPSA) is 64.6 Å². The van der Waals surface area contributed by atoms with E-state index in [1.165, 1.54) is 5.56 Å². The smallest absolute Gasteiger partial charge is 0.253 e. The monoisotopic (exact) mass is 504 g/mol. The first-order chi connectivity index (χ1) is 17.6. The van der Waals surface area contributed by atoms with Gasteiger partial charge in [0.2, 0.25) is 0 Å². The van der Waals surface area contributed by atoms with E-state index in [4.69, 9.17) is 16.6 Å². The molecular formula is C28H33ClN6O. The fraction of sp³-hybridized carbons (Fsp3) is 0.393. The lowest BCUT2D eigenvalue weighted by molar-refractivity contribution is 0.0909. The second-order valence-corrected chi connectivity index (χ2v) is 10.1. The minimum Gasteiger partial charge on any atom is -0.354 e. The predicted octanol–water partition coefficient (Wildman–Crippen LogP) is 3.94. The van der Waals surface area contributed by atoms with Gasteiger partial charge >= 0.3 is 0 Å². The average molecular weight is 505 g/mol. The molecule has 0 spiro atoms. The van der Waals surface area contributed by atoms with Gasteiger partial charge in [-0.05, 0) is 43.7 Å². The summed E-state index contributed by atoms with van der Waals surface area (Å²) in [5, 5.41) is 3.66. The van der Waals surface area contributed by atoms with Crippen molar-refractivity contribution in [1.82, 2.24) is 25.1 Å². The van der Waals surface area contributed by atoms with Crippen LogP contribution in [-0.4, -0.2) is 78.0 Å². The van der Waals surface area contributed by atoms with Crippen molar-refractivity contribution in [3.8, 4) is 11.1 Å². The van der Waals surface area contributed by atoms with Crippen LogP contribution >= 0.6 is 11.6 Å². The van der Waals surface area contributed by atoms with Gasteiger partial charge in [0, 0.05) is 81.6 Å². The zero-order valence-corrected chi connectivity index (χ0v) is 21.5. The van der Waals surface area contributed by atoms with Crippen molar-refractivity contribution in [2.24, 2.45) is 0 Å². The molecule has 1 amide bonds. The molecule has 7 nitrogen and oxygen atoms in total. The summed E-state index contributed by atoms with van der Waals surface area (Å²) >= 11 is 6.63. The molecule has 2 fully saturated rings. The van der Waals surface area contributed by atoms with Gasteiger partial charge in [0.05, 0.1) is 10.6 Å². The van der Waals surface area contributed by atoms with Crippen molar-refractivity contribution in [1.29, 1.82) is 0 Å². The van der Waals surface area contributed by atoms with Crippen LogP contribution in [-0.2, 0) is 6.54 Å². The second kappa shape index (κ2) is 11.4. The van der Waals surface area contributed by atoms with E-state index in [2.05, 4.69) is 44.2 Å². The Bertz CT molecular complexity index is 1160. The molecule has 0 atom stereocenters. The molecule has 36 heavy (non-hydrogen) atoms. The molecule has 3 aromatic rings. The van der Waals surface area contributed by atoms with E-state index in [0.29, 0.717) is 10.6 Å². The van der Waals surface area contributed by atoms with Crippen molar-refractivity contribution in [2.45, 2.75) is 25.4 Å². The molecular weight excluding hydrogens is 472 g/mol. The third kappa shape index (κ3) is 5.86. The molecule has 1 N–H and O–H groups in total. The molecule has 188 valence electrons. The molecule has 8 heteroatoms. The minimum absolute atomic E-state index is 0.118. The second-order valence-electron chi connectivity index (χ2n) is 9.75. The first-order valence-electron chi connectivity index (χ1n) is 12.7. The van der Waals surface area contributed by atoms with Crippen LogP contribution in [0.1, 0.15) is 28.8 Å². The van der Waals surface area contributed by atoms with Gasteiger partial charge in [0.25, 0.3) is 5.91 Å². The third-order valence-electron chi connectivity index (χ3n) is 7.18. The number of hydrogen-bond acceptors (Lipinski definition) is 6. The quantitative estimate of drug-likeness (QED) is 0.548. The Balaban J connectivity index is 1.12. The molecule has 2 aliphatic rings. The first kappa shape index (κ1) is 24.7. The van der Waals surface area contributed by atoms with Crippen molar-refractivity contribution < 1.29 is 4.79 Å². The summed E-state index contributed by atoms with van der Waals surface area (Å²) in [7, 11) is 2.17. The highest BCUT2D eigenvalue weighted by Crippen LogP contribution is 2.30. The van der Waals surface area contributed by atoms with Gasteiger partial charge in [-0.15, -0.1) is 0 Å². The van der Waals surface area contributed by atoms with Crippen molar-refractivity contribution in [3.05, 3.63) is 77.2 Å². The van der Waals surface area contributed by atoms with Crippen molar-refractivity contribution in [2.75, 3.05) is 51.2 Å². The molecule has 4 heterocycles. The zero-order chi connectivity index (χ0) is 24.9. The largest absolute Gasteiger partial charge is 0.354 e. The van der Waals surface area contributed by atoms with Gasteiger partial charge in [0.15, 0.2) is 0 Å². The summed E-state index contributed by atoms with van der Waals surface area (Å²) in [5.41, 5.74) is 3.46.